The summed E-state index contributed by atoms with van der Waals surface area (Å²) in [5.74, 6) is 0. The molecule has 1 aliphatic heterocycles. The molecule has 0 amide bonds. The predicted octanol–water partition coefficient (Wildman–Crippen LogP) is 2.63. The Kier molecular flexibility index (Phi) is 5.56. The van der Waals surface area contributed by atoms with E-state index in [1.165, 1.54) is 22.0 Å². The zero-order valence-corrected chi connectivity index (χ0v) is 15.1. The van der Waals surface area contributed by atoms with Crippen LogP contribution in [-0.2, 0) is 13.2 Å². The number of hydrogen-bond donors (Lipinski definition) is 0. The second-order valence-electron chi connectivity index (χ2n) is 6.14. The van der Waals surface area contributed by atoms with E-state index in [2.05, 4.69) is 46.1 Å². The molecule has 7 heteroatoms. The topological polar surface area (TPSA) is 41.4 Å². The summed E-state index contributed by atoms with van der Waals surface area (Å²) in [5.41, 5.74) is 2.29. The van der Waals surface area contributed by atoms with Gasteiger partial charge in [0.15, 0.2) is 0 Å². The maximum Gasteiger partial charge on any atom is 0.288 e. The summed E-state index contributed by atoms with van der Waals surface area (Å²) in [6.45, 7) is 7.21. The van der Waals surface area contributed by atoms with Crippen LogP contribution in [0.15, 0.2) is 35.3 Å². The van der Waals surface area contributed by atoms with E-state index < -0.39 is 0 Å². The molecule has 3 rings (SSSR count). The first-order valence-electron chi connectivity index (χ1n) is 7.94. The smallest absolute Gasteiger partial charge is 0.288 e. The number of nitrogens with zero attached hydrogens (tertiary/aromatic N) is 4. The van der Waals surface area contributed by atoms with Crippen LogP contribution in [0.4, 0.5) is 0 Å². The predicted molar refractivity (Wildman–Crippen MR) is 96.5 cm³/mol. The number of halogens is 2. The summed E-state index contributed by atoms with van der Waals surface area (Å²) < 4.78 is 1.37. The van der Waals surface area contributed by atoms with Gasteiger partial charge in [0.25, 0.3) is 5.56 Å². The third kappa shape index (κ3) is 4.16. The van der Waals surface area contributed by atoms with Gasteiger partial charge in [0, 0.05) is 32.7 Å². The maximum absolute atomic E-state index is 12.0. The van der Waals surface area contributed by atoms with Crippen molar-refractivity contribution in [1.29, 1.82) is 0 Å². The first-order valence-corrected chi connectivity index (χ1v) is 8.70. The minimum atomic E-state index is -0.341. The minimum Gasteiger partial charge on any atom is -0.297 e. The highest BCUT2D eigenvalue weighted by atomic mass is 35.5. The largest absolute Gasteiger partial charge is 0.297 e. The summed E-state index contributed by atoms with van der Waals surface area (Å²) in [4.78, 5) is 16.7. The number of benzene rings is 1. The van der Waals surface area contributed by atoms with Gasteiger partial charge in [-0.05, 0) is 12.5 Å². The van der Waals surface area contributed by atoms with E-state index in [1.807, 2.05) is 0 Å². The van der Waals surface area contributed by atoms with Gasteiger partial charge in [-0.1, -0.05) is 53.0 Å². The summed E-state index contributed by atoms with van der Waals surface area (Å²) in [7, 11) is 0. The third-order valence-corrected chi connectivity index (χ3v) is 4.98. The van der Waals surface area contributed by atoms with E-state index in [-0.39, 0.29) is 15.6 Å². The Morgan fingerprint density at radius 3 is 2.54 bits per heavy atom. The quantitative estimate of drug-likeness (QED) is 0.833. The second-order valence-corrected chi connectivity index (χ2v) is 6.92. The van der Waals surface area contributed by atoms with Crippen LogP contribution in [-0.4, -0.2) is 45.8 Å². The van der Waals surface area contributed by atoms with Gasteiger partial charge in [-0.3, -0.25) is 14.6 Å². The fourth-order valence-electron chi connectivity index (χ4n) is 2.89. The number of aromatic nitrogens is 2. The maximum atomic E-state index is 12.0. The van der Waals surface area contributed by atoms with Crippen molar-refractivity contribution in [3.63, 3.8) is 0 Å². The monoisotopic (exact) mass is 366 g/mol. The van der Waals surface area contributed by atoms with Gasteiger partial charge < -0.3 is 0 Å². The van der Waals surface area contributed by atoms with Gasteiger partial charge in [0.2, 0.25) is 0 Å². The molecule has 0 radical (unpaired) electrons. The highest BCUT2D eigenvalue weighted by molar-refractivity contribution is 6.41. The fourth-order valence-corrected chi connectivity index (χ4v) is 3.16. The highest BCUT2D eigenvalue weighted by Gasteiger charge is 2.18. The molecule has 2 aromatic rings. The fraction of sp³-hybridized carbons (Fsp3) is 0.412. The molecule has 2 heterocycles. The van der Waals surface area contributed by atoms with Crippen molar-refractivity contribution in [2.45, 2.75) is 20.1 Å². The molecule has 1 fully saturated rings. The Bertz CT molecular complexity index is 769. The summed E-state index contributed by atoms with van der Waals surface area (Å²) >= 11 is 11.7. The number of rotatable bonds is 4. The van der Waals surface area contributed by atoms with Crippen LogP contribution in [0.5, 0.6) is 0 Å². The Balaban J connectivity index is 1.56. The van der Waals surface area contributed by atoms with Crippen LogP contribution >= 0.6 is 23.2 Å². The normalized spacial score (nSPS) is 16.5. The lowest BCUT2D eigenvalue weighted by Crippen LogP contribution is -2.47. The molecule has 0 atom stereocenters. The lowest BCUT2D eigenvalue weighted by molar-refractivity contribution is 0.0969. The minimum absolute atomic E-state index is 0.0322. The van der Waals surface area contributed by atoms with Crippen LogP contribution in [0.25, 0.3) is 0 Å². The molecule has 128 valence electrons. The summed E-state index contributed by atoms with van der Waals surface area (Å²) in [5, 5.41) is 4.29. The first kappa shape index (κ1) is 17.4. The van der Waals surface area contributed by atoms with Crippen LogP contribution in [0.1, 0.15) is 11.1 Å². The van der Waals surface area contributed by atoms with Crippen molar-refractivity contribution in [2.75, 3.05) is 26.2 Å². The molecule has 1 saturated heterocycles. The van der Waals surface area contributed by atoms with Gasteiger partial charge in [0.1, 0.15) is 5.02 Å². The molecule has 5 nitrogen and oxygen atoms in total. The van der Waals surface area contributed by atoms with Crippen LogP contribution in [0, 0.1) is 6.92 Å². The Labute approximate surface area is 151 Å². The Hall–Kier alpha value is -1.40. The van der Waals surface area contributed by atoms with Crippen molar-refractivity contribution in [3.8, 4) is 0 Å². The lowest BCUT2D eigenvalue weighted by Gasteiger charge is -2.34. The number of piperazine rings is 1. The van der Waals surface area contributed by atoms with Crippen molar-refractivity contribution < 1.29 is 0 Å². The van der Waals surface area contributed by atoms with E-state index in [0.717, 1.165) is 32.7 Å². The molecule has 0 spiro atoms. The van der Waals surface area contributed by atoms with Gasteiger partial charge in [-0.2, -0.15) is 5.10 Å². The Morgan fingerprint density at radius 1 is 1.12 bits per heavy atom. The first-order chi connectivity index (χ1) is 11.5. The Morgan fingerprint density at radius 2 is 1.83 bits per heavy atom. The van der Waals surface area contributed by atoms with Crippen molar-refractivity contribution in [2.24, 2.45) is 0 Å². The van der Waals surface area contributed by atoms with Crippen LogP contribution < -0.4 is 5.56 Å². The van der Waals surface area contributed by atoms with Gasteiger partial charge in [-0.15, -0.1) is 0 Å². The van der Waals surface area contributed by atoms with Crippen molar-refractivity contribution in [1.82, 2.24) is 19.6 Å². The molecule has 1 aromatic heterocycles. The standard InChI is InChI=1S/C17H20Cl2N4O/c1-13-3-2-4-14(9-13)11-21-5-7-22(8-6-21)12-23-17(24)16(19)15(18)10-20-23/h2-4,9-10H,5-8,11-12H2,1H3. The van der Waals surface area contributed by atoms with Crippen LogP contribution in [0.3, 0.4) is 0 Å². The summed E-state index contributed by atoms with van der Waals surface area (Å²) in [6.07, 6.45) is 1.42. The highest BCUT2D eigenvalue weighted by Crippen LogP contribution is 2.15. The van der Waals surface area contributed by atoms with Gasteiger partial charge in [0.05, 0.1) is 17.9 Å². The molecule has 0 bridgehead atoms. The SMILES string of the molecule is Cc1cccc(CN2CCN(Cn3ncc(Cl)c(Cl)c3=O)CC2)c1. The molecule has 24 heavy (non-hydrogen) atoms. The lowest BCUT2D eigenvalue weighted by atomic mass is 10.1. The van der Waals surface area contributed by atoms with E-state index in [1.54, 1.807) is 0 Å². The van der Waals surface area contributed by atoms with E-state index >= 15 is 0 Å². The number of hydrogen-bond acceptors (Lipinski definition) is 4. The van der Waals surface area contributed by atoms with Gasteiger partial charge in [-0.25, -0.2) is 4.68 Å². The van der Waals surface area contributed by atoms with E-state index in [9.17, 15) is 4.79 Å². The molecule has 0 saturated carbocycles. The molecule has 0 N–H and O–H groups in total. The second kappa shape index (κ2) is 7.66. The molecule has 0 aliphatic carbocycles. The average Bonchev–Trinajstić information content (AvgIpc) is 2.57. The average molecular weight is 367 g/mol. The number of aryl methyl sites for hydroxylation is 1. The molecular weight excluding hydrogens is 347 g/mol. The van der Waals surface area contributed by atoms with E-state index in [0.29, 0.717) is 6.67 Å². The zero-order valence-electron chi connectivity index (χ0n) is 13.6. The van der Waals surface area contributed by atoms with Crippen LogP contribution in [0.2, 0.25) is 10.0 Å². The molecular formula is C17H20Cl2N4O. The van der Waals surface area contributed by atoms with Gasteiger partial charge >= 0.3 is 0 Å². The van der Waals surface area contributed by atoms with Crippen molar-refractivity contribution in [3.05, 3.63) is 62.0 Å². The summed E-state index contributed by atoms with van der Waals surface area (Å²) in [6, 6.07) is 8.61. The van der Waals surface area contributed by atoms with Crippen molar-refractivity contribution >= 4 is 23.2 Å². The molecule has 0 unspecified atom stereocenters. The molecule has 1 aromatic carbocycles. The third-order valence-electron chi connectivity index (χ3n) is 4.23. The molecule has 1 aliphatic rings. The zero-order chi connectivity index (χ0) is 17.1. The van der Waals surface area contributed by atoms with E-state index in [4.69, 9.17) is 23.2 Å².